The van der Waals surface area contributed by atoms with Gasteiger partial charge in [-0.05, 0) is 155 Å². The van der Waals surface area contributed by atoms with E-state index in [1.807, 2.05) is 45.8 Å². The van der Waals surface area contributed by atoms with Crippen LogP contribution in [0.3, 0.4) is 0 Å². The van der Waals surface area contributed by atoms with Crippen molar-refractivity contribution in [2.24, 2.45) is 5.92 Å². The first-order chi connectivity index (χ1) is 20.4. The van der Waals surface area contributed by atoms with Crippen LogP contribution in [0.25, 0.3) is 11.1 Å². The summed E-state index contributed by atoms with van der Waals surface area (Å²) in [4.78, 5) is 1.81. The summed E-state index contributed by atoms with van der Waals surface area (Å²) in [6.07, 6.45) is 11.5. The molecule has 0 radical (unpaired) electrons. The highest BCUT2D eigenvalue weighted by Crippen LogP contribution is 2.42. The molecule has 0 bridgehead atoms. The van der Waals surface area contributed by atoms with Crippen molar-refractivity contribution in [1.29, 1.82) is 0 Å². The van der Waals surface area contributed by atoms with Gasteiger partial charge in [-0.25, -0.2) is 0 Å². The Labute approximate surface area is 260 Å². The third-order valence-electron chi connectivity index (χ3n) is 9.47. The number of hydrogen-bond donors (Lipinski definition) is 2. The smallest absolute Gasteiger partial charge is 0.134 e. The molecule has 2 aliphatic carbocycles. The summed E-state index contributed by atoms with van der Waals surface area (Å²) in [5.74, 6) is 1.50. The molecule has 0 aromatic heterocycles. The minimum absolute atomic E-state index is 0. The normalized spacial score (nSPS) is 20.8. The van der Waals surface area contributed by atoms with Crippen molar-refractivity contribution in [1.82, 2.24) is 4.90 Å². The Morgan fingerprint density at radius 2 is 1.67 bits per heavy atom. The Kier molecular flexibility index (Phi) is 9.31. The van der Waals surface area contributed by atoms with E-state index in [4.69, 9.17) is 4.74 Å². The van der Waals surface area contributed by atoms with Gasteiger partial charge in [0, 0.05) is 1.43 Å². The standard InChI is InChI=1S/C39H49NO3.H2/c1-27-11-7-8-14-34(27)36-15-9-13-30-26-31(38(2,3)41)19-23-35(30)37(36)29-17-21-32(22-18-29)43-33-20-16-28(25-33)12-10-24-39(4,42)40(5)6;/h7-8,10-11,14,17-19,21-24,26,28,33,41-42H,9,12-13,15-16,20,25H2,1-6H3;1H/b24-10+;/t28?,33-,39?;/m0./s1. The van der Waals surface area contributed by atoms with Crippen LogP contribution >= 0.6 is 0 Å². The Balaban J connectivity index is 0.00000442. The van der Waals surface area contributed by atoms with E-state index in [2.05, 4.69) is 79.7 Å². The average Bonchev–Trinajstić information content (AvgIpc) is 3.31. The van der Waals surface area contributed by atoms with Crippen LogP contribution in [-0.2, 0) is 12.0 Å². The van der Waals surface area contributed by atoms with Crippen molar-refractivity contribution in [2.75, 3.05) is 14.1 Å². The molecule has 4 heteroatoms. The van der Waals surface area contributed by atoms with Crippen molar-refractivity contribution < 1.29 is 16.4 Å². The fourth-order valence-electron chi connectivity index (χ4n) is 6.55. The molecule has 0 amide bonds. The van der Waals surface area contributed by atoms with Gasteiger partial charge in [0.25, 0.3) is 0 Å². The zero-order chi connectivity index (χ0) is 30.8. The SMILES string of the molecule is Cc1ccccc1C1=C(c2ccc(O[C@H]3CCC(C/C=C/C(C)(O)N(C)C)C3)cc2)c2ccc(C(C)(C)O)cc2CCC1.[HH]. The maximum Gasteiger partial charge on any atom is 0.134 e. The summed E-state index contributed by atoms with van der Waals surface area (Å²) in [7, 11) is 3.77. The van der Waals surface area contributed by atoms with Crippen molar-refractivity contribution >= 4 is 11.1 Å². The van der Waals surface area contributed by atoms with Crippen LogP contribution in [-0.4, -0.2) is 41.0 Å². The predicted octanol–water partition coefficient (Wildman–Crippen LogP) is 8.53. The highest BCUT2D eigenvalue weighted by molar-refractivity contribution is 6.00. The molecule has 3 aromatic rings. The summed E-state index contributed by atoms with van der Waals surface area (Å²) in [6.45, 7) is 7.74. The third-order valence-corrected chi connectivity index (χ3v) is 9.47. The molecule has 43 heavy (non-hydrogen) atoms. The maximum absolute atomic E-state index is 10.7. The van der Waals surface area contributed by atoms with Gasteiger partial charge in [-0.1, -0.05) is 60.7 Å². The monoisotopic (exact) mass is 581 g/mol. The minimum Gasteiger partial charge on any atom is -0.490 e. The Morgan fingerprint density at radius 1 is 0.930 bits per heavy atom. The summed E-state index contributed by atoms with van der Waals surface area (Å²) >= 11 is 0. The van der Waals surface area contributed by atoms with Gasteiger partial charge < -0.3 is 14.9 Å². The molecule has 3 aromatic carbocycles. The quantitative estimate of drug-likeness (QED) is 0.196. The molecule has 0 spiro atoms. The molecule has 0 heterocycles. The Hall–Kier alpha value is -3.18. The van der Waals surface area contributed by atoms with Gasteiger partial charge in [0.1, 0.15) is 11.5 Å². The van der Waals surface area contributed by atoms with Crippen LogP contribution in [0.5, 0.6) is 5.75 Å². The molecule has 0 saturated heterocycles. The number of nitrogens with zero attached hydrogens (tertiary/aromatic N) is 1. The Bertz CT molecular complexity index is 1480. The molecule has 2 unspecified atom stereocenters. The van der Waals surface area contributed by atoms with E-state index in [0.717, 1.165) is 56.3 Å². The molecule has 230 valence electrons. The first-order valence-electron chi connectivity index (χ1n) is 15.9. The van der Waals surface area contributed by atoms with E-state index in [-0.39, 0.29) is 7.53 Å². The van der Waals surface area contributed by atoms with Gasteiger partial charge in [0.2, 0.25) is 0 Å². The van der Waals surface area contributed by atoms with Gasteiger partial charge >= 0.3 is 0 Å². The van der Waals surface area contributed by atoms with Crippen LogP contribution in [0, 0.1) is 12.8 Å². The summed E-state index contributed by atoms with van der Waals surface area (Å²) in [5.41, 5.74) is 8.23. The highest BCUT2D eigenvalue weighted by atomic mass is 16.5. The van der Waals surface area contributed by atoms with Crippen molar-refractivity contribution in [2.45, 2.75) is 90.1 Å². The van der Waals surface area contributed by atoms with Crippen LogP contribution < -0.4 is 4.74 Å². The number of allylic oxidation sites excluding steroid dienone is 2. The van der Waals surface area contributed by atoms with Gasteiger partial charge in [-0.15, -0.1) is 0 Å². The molecule has 3 atom stereocenters. The number of aryl methyl sites for hydroxylation is 2. The number of ether oxygens (including phenoxy) is 1. The fraction of sp³-hybridized carbons (Fsp3) is 0.436. The molecule has 4 nitrogen and oxygen atoms in total. The number of fused-ring (bicyclic) bond motifs is 1. The molecule has 1 saturated carbocycles. The van der Waals surface area contributed by atoms with Crippen molar-refractivity contribution in [3.63, 3.8) is 0 Å². The molecule has 1 fully saturated rings. The molecular formula is C39H51NO3. The number of hydrogen-bond acceptors (Lipinski definition) is 4. The second-order valence-corrected chi connectivity index (χ2v) is 13.5. The summed E-state index contributed by atoms with van der Waals surface area (Å²) < 4.78 is 6.49. The number of benzene rings is 3. The molecule has 5 rings (SSSR count). The summed E-state index contributed by atoms with van der Waals surface area (Å²) in [6, 6.07) is 23.9. The van der Waals surface area contributed by atoms with E-state index >= 15 is 0 Å². The van der Waals surface area contributed by atoms with E-state index in [1.54, 1.807) is 0 Å². The third kappa shape index (κ3) is 7.32. The lowest BCUT2D eigenvalue weighted by molar-refractivity contribution is -0.0206. The fourth-order valence-corrected chi connectivity index (χ4v) is 6.55. The van der Waals surface area contributed by atoms with Crippen LogP contribution in [0.4, 0.5) is 0 Å². The van der Waals surface area contributed by atoms with Crippen LogP contribution in [0.1, 0.15) is 94.1 Å². The average molecular weight is 582 g/mol. The highest BCUT2D eigenvalue weighted by Gasteiger charge is 2.27. The molecule has 2 aliphatic rings. The van der Waals surface area contributed by atoms with E-state index in [0.29, 0.717) is 5.92 Å². The zero-order valence-electron chi connectivity index (χ0n) is 26.9. The number of likely N-dealkylation sites (N-methyl/N-ethyl adjacent to an activating group) is 1. The van der Waals surface area contributed by atoms with Gasteiger partial charge in [0.05, 0.1) is 11.7 Å². The van der Waals surface area contributed by atoms with Crippen molar-refractivity contribution in [3.05, 3.63) is 112 Å². The van der Waals surface area contributed by atoms with E-state index in [9.17, 15) is 10.2 Å². The largest absolute Gasteiger partial charge is 0.490 e. The van der Waals surface area contributed by atoms with E-state index < -0.39 is 11.3 Å². The number of aliphatic hydroxyl groups is 2. The molecular weight excluding hydrogens is 530 g/mol. The first kappa shape index (κ1) is 31.3. The van der Waals surface area contributed by atoms with E-state index in [1.165, 1.54) is 39.0 Å². The maximum atomic E-state index is 10.7. The Morgan fingerprint density at radius 3 is 2.37 bits per heavy atom. The topological polar surface area (TPSA) is 52.9 Å². The van der Waals surface area contributed by atoms with Crippen molar-refractivity contribution in [3.8, 4) is 5.75 Å². The van der Waals surface area contributed by atoms with Crippen LogP contribution in [0.2, 0.25) is 0 Å². The predicted molar refractivity (Wildman–Crippen MR) is 180 cm³/mol. The second kappa shape index (κ2) is 12.8. The summed E-state index contributed by atoms with van der Waals surface area (Å²) in [5, 5.41) is 21.2. The lowest BCUT2D eigenvalue weighted by atomic mass is 9.85. The van der Waals surface area contributed by atoms with Gasteiger partial charge in [0.15, 0.2) is 0 Å². The second-order valence-electron chi connectivity index (χ2n) is 13.5. The minimum atomic E-state index is -0.916. The first-order valence-corrected chi connectivity index (χ1v) is 15.9. The van der Waals surface area contributed by atoms with Gasteiger partial charge in [-0.2, -0.15) is 0 Å². The lowest BCUT2D eigenvalue weighted by Crippen LogP contribution is -2.38. The van der Waals surface area contributed by atoms with Crippen LogP contribution in [0.15, 0.2) is 78.9 Å². The molecule has 2 N–H and O–H groups in total. The number of rotatable bonds is 9. The van der Waals surface area contributed by atoms with Gasteiger partial charge in [-0.3, -0.25) is 4.90 Å². The zero-order valence-corrected chi connectivity index (χ0v) is 26.9. The lowest BCUT2D eigenvalue weighted by Gasteiger charge is -2.27. The molecule has 0 aliphatic heterocycles.